The summed E-state index contributed by atoms with van der Waals surface area (Å²) in [4.78, 5) is 44.5. The molecule has 1 fully saturated rings. The van der Waals surface area contributed by atoms with Crippen molar-refractivity contribution in [2.75, 3.05) is 0 Å². The van der Waals surface area contributed by atoms with Crippen LogP contribution in [0, 0.1) is 5.92 Å². The fraction of sp³-hybridized carbons (Fsp3) is 0.478. The van der Waals surface area contributed by atoms with Crippen LogP contribution in [-0.4, -0.2) is 25.1 Å². The molecule has 1 aliphatic rings. The van der Waals surface area contributed by atoms with Gasteiger partial charge in [-0.1, -0.05) is 50.1 Å². The van der Waals surface area contributed by atoms with Gasteiger partial charge in [0.2, 0.25) is 0 Å². The van der Waals surface area contributed by atoms with Gasteiger partial charge in [-0.15, -0.1) is 0 Å². The summed E-state index contributed by atoms with van der Waals surface area (Å²) in [5.41, 5.74) is 0.695. The van der Waals surface area contributed by atoms with Crippen molar-refractivity contribution in [2.24, 2.45) is 5.92 Å². The van der Waals surface area contributed by atoms with Crippen LogP contribution < -0.4 is 11.2 Å². The van der Waals surface area contributed by atoms with Crippen molar-refractivity contribution in [1.82, 2.24) is 19.1 Å². The molecule has 170 valence electrons. The molecule has 0 bridgehead atoms. The van der Waals surface area contributed by atoms with E-state index in [9.17, 15) is 14.4 Å². The van der Waals surface area contributed by atoms with Gasteiger partial charge in [-0.2, -0.15) is 0 Å². The van der Waals surface area contributed by atoms with Crippen LogP contribution in [0.4, 0.5) is 0 Å². The molecular formula is C23H27ClN4O4. The Balaban J connectivity index is 1.57. The lowest BCUT2D eigenvalue weighted by Crippen LogP contribution is -2.31. The normalized spacial score (nSPS) is 17.6. The Morgan fingerprint density at radius 3 is 2.69 bits per heavy atom. The number of nitrogens with one attached hydrogen (secondary N) is 1. The monoisotopic (exact) mass is 458 g/mol. The molecule has 0 amide bonds. The zero-order valence-corrected chi connectivity index (χ0v) is 19.0. The molecule has 3 aromatic rings. The molecule has 8 nitrogen and oxygen atoms in total. The van der Waals surface area contributed by atoms with Crippen LogP contribution in [-0.2, 0) is 29.2 Å². The molecule has 2 aromatic heterocycles. The van der Waals surface area contributed by atoms with Crippen LogP contribution in [0.15, 0.2) is 33.9 Å². The number of aromatic amines is 1. The predicted molar refractivity (Wildman–Crippen MR) is 122 cm³/mol. The summed E-state index contributed by atoms with van der Waals surface area (Å²) in [6.45, 7) is 4.96. The molecule has 1 aromatic carbocycles. The van der Waals surface area contributed by atoms with E-state index in [1.807, 2.05) is 38.1 Å². The number of benzene rings is 1. The number of esters is 1. The smallest absolute Gasteiger partial charge is 0.330 e. The van der Waals surface area contributed by atoms with Crippen molar-refractivity contribution in [2.45, 2.75) is 65.1 Å². The summed E-state index contributed by atoms with van der Waals surface area (Å²) in [5.74, 6) is -0.00781. The van der Waals surface area contributed by atoms with Gasteiger partial charge in [0.1, 0.15) is 12.4 Å². The second kappa shape index (κ2) is 9.32. The van der Waals surface area contributed by atoms with Gasteiger partial charge in [0.15, 0.2) is 11.2 Å². The second-order valence-electron chi connectivity index (χ2n) is 8.19. The molecule has 0 radical (unpaired) electrons. The third kappa shape index (κ3) is 4.24. The van der Waals surface area contributed by atoms with Crippen LogP contribution >= 0.6 is 11.6 Å². The van der Waals surface area contributed by atoms with Crippen LogP contribution in [0.25, 0.3) is 11.2 Å². The topological polar surface area (TPSA) is 99.0 Å². The molecule has 1 N–H and O–H groups in total. The Hall–Kier alpha value is -2.87. The van der Waals surface area contributed by atoms with Gasteiger partial charge in [-0.05, 0) is 36.8 Å². The highest BCUT2D eigenvalue weighted by Crippen LogP contribution is 2.50. The number of aryl methyl sites for hydroxylation is 2. The molecule has 1 aliphatic carbocycles. The minimum absolute atomic E-state index is 0.0549. The van der Waals surface area contributed by atoms with Gasteiger partial charge in [-0.3, -0.25) is 19.1 Å². The lowest BCUT2D eigenvalue weighted by molar-refractivity contribution is -0.147. The zero-order chi connectivity index (χ0) is 22.8. The van der Waals surface area contributed by atoms with Crippen molar-refractivity contribution < 1.29 is 9.53 Å². The Morgan fingerprint density at radius 1 is 1.19 bits per heavy atom. The van der Waals surface area contributed by atoms with Crippen molar-refractivity contribution in [1.29, 1.82) is 0 Å². The quantitative estimate of drug-likeness (QED) is 0.494. The van der Waals surface area contributed by atoms with E-state index in [2.05, 4.69) is 9.97 Å². The lowest BCUT2D eigenvalue weighted by atomic mass is 10.1. The Labute approximate surface area is 190 Å². The van der Waals surface area contributed by atoms with E-state index in [0.29, 0.717) is 41.5 Å². The third-order valence-corrected chi connectivity index (χ3v) is 6.23. The molecular weight excluding hydrogens is 432 g/mol. The highest BCUT2D eigenvalue weighted by Gasteiger charge is 2.46. The Bertz CT molecular complexity index is 1260. The minimum Gasteiger partial charge on any atom is -0.457 e. The van der Waals surface area contributed by atoms with E-state index in [1.165, 1.54) is 4.57 Å². The molecule has 0 spiro atoms. The number of rotatable bonds is 9. The maximum Gasteiger partial charge on any atom is 0.330 e. The first-order valence-electron chi connectivity index (χ1n) is 11.1. The van der Waals surface area contributed by atoms with E-state index in [4.69, 9.17) is 16.3 Å². The molecule has 1 saturated carbocycles. The summed E-state index contributed by atoms with van der Waals surface area (Å²) >= 11 is 6.26. The molecule has 32 heavy (non-hydrogen) atoms. The maximum absolute atomic E-state index is 12.7. The number of halogens is 1. The average Bonchev–Trinajstić information content (AvgIpc) is 3.48. The van der Waals surface area contributed by atoms with Crippen molar-refractivity contribution in [3.63, 3.8) is 0 Å². The number of hydrogen-bond acceptors (Lipinski definition) is 5. The third-order valence-electron chi connectivity index (χ3n) is 5.89. The van der Waals surface area contributed by atoms with Gasteiger partial charge in [0.25, 0.3) is 5.56 Å². The maximum atomic E-state index is 12.7. The van der Waals surface area contributed by atoms with E-state index >= 15 is 0 Å². The number of H-pyrrole nitrogens is 1. The molecule has 0 saturated heterocycles. The number of fused-ring (bicyclic) bond motifs is 1. The lowest BCUT2D eigenvalue weighted by Gasteiger charge is -2.09. The van der Waals surface area contributed by atoms with Crippen molar-refractivity contribution in [3.8, 4) is 0 Å². The fourth-order valence-corrected chi connectivity index (χ4v) is 4.41. The Kier molecular flexibility index (Phi) is 6.50. The van der Waals surface area contributed by atoms with Crippen molar-refractivity contribution >= 4 is 28.7 Å². The van der Waals surface area contributed by atoms with Gasteiger partial charge >= 0.3 is 11.7 Å². The average molecular weight is 459 g/mol. The SMILES string of the molecule is CCCCn1c(=O)[nH]c(=O)c2c1nc(COC(=O)C1CC1c1ccccc1Cl)n2CCC. The van der Waals surface area contributed by atoms with Gasteiger partial charge in [0, 0.05) is 18.1 Å². The number of nitrogens with zero attached hydrogens (tertiary/aromatic N) is 3. The first-order valence-corrected chi connectivity index (χ1v) is 11.5. The number of unbranched alkanes of at least 4 members (excludes halogenated alkanes) is 1. The first-order chi connectivity index (χ1) is 15.5. The highest BCUT2D eigenvalue weighted by atomic mass is 35.5. The summed E-state index contributed by atoms with van der Waals surface area (Å²) in [7, 11) is 0. The van der Waals surface area contributed by atoms with Gasteiger partial charge in [0.05, 0.1) is 5.92 Å². The molecule has 0 aliphatic heterocycles. The number of aromatic nitrogens is 4. The van der Waals surface area contributed by atoms with Gasteiger partial charge in [-0.25, -0.2) is 9.78 Å². The molecule has 4 rings (SSSR count). The summed E-state index contributed by atoms with van der Waals surface area (Å²) in [5, 5.41) is 0.654. The Morgan fingerprint density at radius 2 is 1.97 bits per heavy atom. The summed E-state index contributed by atoms with van der Waals surface area (Å²) in [6, 6.07) is 7.52. The van der Waals surface area contributed by atoms with E-state index in [1.54, 1.807) is 4.57 Å². The fourth-order valence-electron chi connectivity index (χ4n) is 4.13. The van der Waals surface area contributed by atoms with Gasteiger partial charge < -0.3 is 9.30 Å². The minimum atomic E-state index is -0.475. The van der Waals surface area contributed by atoms with E-state index in [0.717, 1.165) is 24.8 Å². The van der Waals surface area contributed by atoms with Crippen LogP contribution in [0.1, 0.15) is 56.8 Å². The first kappa shape index (κ1) is 22.3. The van der Waals surface area contributed by atoms with Crippen LogP contribution in [0.5, 0.6) is 0 Å². The van der Waals surface area contributed by atoms with Crippen LogP contribution in [0.2, 0.25) is 5.02 Å². The zero-order valence-electron chi connectivity index (χ0n) is 18.3. The number of carbonyl (C=O) groups is 1. The van der Waals surface area contributed by atoms with Crippen molar-refractivity contribution in [3.05, 3.63) is 61.5 Å². The highest BCUT2D eigenvalue weighted by molar-refractivity contribution is 6.31. The summed E-state index contributed by atoms with van der Waals surface area (Å²) in [6.07, 6.45) is 3.15. The number of carbonyl (C=O) groups excluding carboxylic acids is 1. The standard InChI is InChI=1S/C23H27ClN4O4/c1-3-5-11-28-20-19(21(29)26-23(28)31)27(10-4-2)18(25-20)13-32-22(30)16-12-15(16)14-8-6-7-9-17(14)24/h6-9,15-16H,3-5,10-13H2,1-2H3,(H,26,29,31). The van der Waals surface area contributed by atoms with E-state index < -0.39 is 11.2 Å². The number of hydrogen-bond donors (Lipinski definition) is 1. The molecule has 2 heterocycles. The molecule has 2 unspecified atom stereocenters. The second-order valence-corrected chi connectivity index (χ2v) is 8.60. The van der Waals surface area contributed by atoms with Crippen LogP contribution in [0.3, 0.4) is 0 Å². The summed E-state index contributed by atoms with van der Waals surface area (Å²) < 4.78 is 8.83. The molecule has 2 atom stereocenters. The predicted octanol–water partition coefficient (Wildman–Crippen LogP) is 3.60. The number of imidazole rings is 1. The largest absolute Gasteiger partial charge is 0.457 e. The number of ether oxygens (including phenoxy) is 1. The molecule has 9 heteroatoms. The van der Waals surface area contributed by atoms with E-state index in [-0.39, 0.29) is 24.4 Å².